The zero-order valence-corrected chi connectivity index (χ0v) is 11.5. The van der Waals surface area contributed by atoms with Crippen LogP contribution in [0.1, 0.15) is 18.9 Å². The predicted molar refractivity (Wildman–Crippen MR) is 69.3 cm³/mol. The Hall–Kier alpha value is -2.16. The maximum atomic E-state index is 13.1. The first-order chi connectivity index (χ1) is 10.1. The molecule has 0 aliphatic rings. The third-order valence-corrected chi connectivity index (χ3v) is 2.58. The predicted octanol–water partition coefficient (Wildman–Crippen LogP) is 1.67. The highest BCUT2D eigenvalue weighted by Gasteiger charge is 2.34. The van der Waals surface area contributed by atoms with E-state index in [4.69, 9.17) is 5.11 Å². The Morgan fingerprint density at radius 2 is 1.91 bits per heavy atom. The number of hydrogen-bond donors (Lipinski definition) is 3. The zero-order valence-electron chi connectivity index (χ0n) is 11.5. The van der Waals surface area contributed by atoms with Gasteiger partial charge in [-0.2, -0.15) is 13.2 Å². The molecule has 122 valence electrons. The summed E-state index contributed by atoms with van der Waals surface area (Å²) in [5.74, 6) is -3.74. The third kappa shape index (κ3) is 5.32. The van der Waals surface area contributed by atoms with E-state index in [1.54, 1.807) is 0 Å². The van der Waals surface area contributed by atoms with Crippen molar-refractivity contribution in [3.63, 3.8) is 0 Å². The second-order valence-electron chi connectivity index (χ2n) is 4.54. The van der Waals surface area contributed by atoms with Crippen LogP contribution in [0.5, 0.6) is 0 Å². The molecule has 0 aliphatic carbocycles. The van der Waals surface area contributed by atoms with Crippen molar-refractivity contribution >= 4 is 17.5 Å². The molecular formula is C13H14F4N2O3. The average Bonchev–Trinajstić information content (AvgIpc) is 2.39. The summed E-state index contributed by atoms with van der Waals surface area (Å²) in [5.41, 5.74) is -1.90. The van der Waals surface area contributed by atoms with Crippen LogP contribution in [0.4, 0.5) is 23.2 Å². The molecule has 0 heterocycles. The zero-order chi connectivity index (χ0) is 16.9. The van der Waals surface area contributed by atoms with Gasteiger partial charge in [0, 0.05) is 12.2 Å². The van der Waals surface area contributed by atoms with Crippen LogP contribution in [-0.2, 0) is 15.8 Å². The van der Waals surface area contributed by atoms with Crippen LogP contribution < -0.4 is 10.6 Å². The number of carbonyl (C=O) groups is 2. The van der Waals surface area contributed by atoms with Gasteiger partial charge in [-0.25, -0.2) is 4.39 Å². The van der Waals surface area contributed by atoms with Crippen molar-refractivity contribution in [1.82, 2.24) is 5.32 Å². The van der Waals surface area contributed by atoms with E-state index in [2.05, 4.69) is 5.32 Å². The maximum Gasteiger partial charge on any atom is 0.419 e. The monoisotopic (exact) mass is 322 g/mol. The van der Waals surface area contributed by atoms with Gasteiger partial charge in [0.15, 0.2) is 0 Å². The van der Waals surface area contributed by atoms with Crippen LogP contribution in [0.25, 0.3) is 0 Å². The number of aliphatic hydroxyl groups excluding tert-OH is 1. The van der Waals surface area contributed by atoms with Gasteiger partial charge in [-0.15, -0.1) is 0 Å². The molecule has 3 N–H and O–H groups in total. The topological polar surface area (TPSA) is 78.4 Å². The molecular weight excluding hydrogens is 308 g/mol. The molecule has 0 fully saturated rings. The van der Waals surface area contributed by atoms with Gasteiger partial charge in [-0.1, -0.05) is 0 Å². The molecule has 22 heavy (non-hydrogen) atoms. The highest BCUT2D eigenvalue weighted by Crippen LogP contribution is 2.32. The van der Waals surface area contributed by atoms with Crippen molar-refractivity contribution in [1.29, 1.82) is 0 Å². The van der Waals surface area contributed by atoms with Crippen molar-refractivity contribution in [3.05, 3.63) is 29.6 Å². The first kappa shape index (κ1) is 17.9. The second kappa shape index (κ2) is 7.21. The Kier molecular flexibility index (Phi) is 5.86. The van der Waals surface area contributed by atoms with E-state index in [0.717, 1.165) is 6.07 Å². The van der Waals surface area contributed by atoms with Crippen molar-refractivity contribution in [3.8, 4) is 0 Å². The Bertz CT molecular complexity index is 559. The summed E-state index contributed by atoms with van der Waals surface area (Å²) in [4.78, 5) is 22.8. The Labute approximate surface area is 123 Å². The Balaban J connectivity index is 2.70. The quantitative estimate of drug-likeness (QED) is 0.583. The van der Waals surface area contributed by atoms with Crippen LogP contribution in [-0.4, -0.2) is 29.6 Å². The van der Waals surface area contributed by atoms with Crippen LogP contribution in [0.15, 0.2) is 18.2 Å². The minimum atomic E-state index is -4.91. The molecule has 1 aromatic rings. The van der Waals surface area contributed by atoms with Gasteiger partial charge in [0.05, 0.1) is 11.7 Å². The van der Waals surface area contributed by atoms with E-state index in [9.17, 15) is 27.2 Å². The van der Waals surface area contributed by atoms with Crippen molar-refractivity contribution in [2.75, 3.05) is 11.9 Å². The smallest absolute Gasteiger partial charge is 0.393 e. The van der Waals surface area contributed by atoms with Crippen LogP contribution in [0.3, 0.4) is 0 Å². The highest BCUT2D eigenvalue weighted by molar-refractivity contribution is 6.39. The fourth-order valence-corrected chi connectivity index (χ4v) is 1.48. The van der Waals surface area contributed by atoms with Gasteiger partial charge in [-0.3, -0.25) is 9.59 Å². The summed E-state index contributed by atoms with van der Waals surface area (Å²) in [7, 11) is 0. The number of aliphatic hydroxyl groups is 1. The molecule has 0 radical (unpaired) electrons. The standard InChI is InChI=1S/C13H14F4N2O3/c1-7(20)4-5-18-11(21)12(22)19-8-2-3-10(14)9(6-8)13(15,16)17/h2-3,6-7,20H,4-5H2,1H3,(H,18,21)(H,19,22). The van der Waals surface area contributed by atoms with Crippen LogP contribution in [0, 0.1) is 5.82 Å². The van der Waals surface area contributed by atoms with Crippen molar-refractivity contribution in [2.45, 2.75) is 25.6 Å². The molecule has 0 bridgehead atoms. The minimum Gasteiger partial charge on any atom is -0.393 e. The number of anilines is 1. The summed E-state index contributed by atoms with van der Waals surface area (Å²) >= 11 is 0. The van der Waals surface area contributed by atoms with E-state index < -0.39 is 35.5 Å². The van der Waals surface area contributed by atoms with E-state index >= 15 is 0 Å². The van der Waals surface area contributed by atoms with Crippen LogP contribution in [0.2, 0.25) is 0 Å². The van der Waals surface area contributed by atoms with Gasteiger partial charge >= 0.3 is 18.0 Å². The number of nitrogens with one attached hydrogen (secondary N) is 2. The first-order valence-corrected chi connectivity index (χ1v) is 6.25. The summed E-state index contributed by atoms with van der Waals surface area (Å²) in [5, 5.41) is 13.1. The van der Waals surface area contributed by atoms with Gasteiger partial charge in [0.2, 0.25) is 0 Å². The molecule has 1 rings (SSSR count). The molecule has 0 saturated carbocycles. The molecule has 0 saturated heterocycles. The number of hydrogen-bond acceptors (Lipinski definition) is 3. The number of halogens is 4. The fourth-order valence-electron chi connectivity index (χ4n) is 1.48. The molecule has 1 aromatic carbocycles. The lowest BCUT2D eigenvalue weighted by Gasteiger charge is -2.11. The van der Waals surface area contributed by atoms with E-state index in [0.29, 0.717) is 12.1 Å². The van der Waals surface area contributed by atoms with Crippen LogP contribution >= 0.6 is 0 Å². The third-order valence-electron chi connectivity index (χ3n) is 2.58. The largest absolute Gasteiger partial charge is 0.419 e. The van der Waals surface area contributed by atoms with Gasteiger partial charge in [0.1, 0.15) is 5.82 Å². The summed E-state index contributed by atoms with van der Waals surface area (Å²) in [6.07, 6.45) is -5.37. The first-order valence-electron chi connectivity index (χ1n) is 6.25. The van der Waals surface area contributed by atoms with Gasteiger partial charge in [0.25, 0.3) is 0 Å². The van der Waals surface area contributed by atoms with Crippen molar-refractivity contribution < 1.29 is 32.3 Å². The molecule has 5 nitrogen and oxygen atoms in total. The lowest BCUT2D eigenvalue weighted by molar-refractivity contribution is -0.140. The second-order valence-corrected chi connectivity index (χ2v) is 4.54. The van der Waals surface area contributed by atoms with E-state index in [1.165, 1.54) is 6.92 Å². The lowest BCUT2D eigenvalue weighted by atomic mass is 10.2. The molecule has 0 aliphatic heterocycles. The number of benzene rings is 1. The fraction of sp³-hybridized carbons (Fsp3) is 0.385. The average molecular weight is 322 g/mol. The summed E-state index contributed by atoms with van der Waals surface area (Å²) in [6, 6.07) is 1.85. The van der Waals surface area contributed by atoms with Gasteiger partial charge < -0.3 is 15.7 Å². The number of rotatable bonds is 4. The minimum absolute atomic E-state index is 0.0289. The summed E-state index contributed by atoms with van der Waals surface area (Å²) in [6.45, 7) is 1.52. The maximum absolute atomic E-state index is 13.1. The molecule has 9 heteroatoms. The summed E-state index contributed by atoms with van der Waals surface area (Å²) < 4.78 is 50.6. The molecule has 1 atom stereocenters. The van der Waals surface area contributed by atoms with E-state index in [-0.39, 0.29) is 18.7 Å². The highest BCUT2D eigenvalue weighted by atomic mass is 19.4. The van der Waals surface area contributed by atoms with Gasteiger partial charge in [-0.05, 0) is 31.5 Å². The Morgan fingerprint density at radius 3 is 2.45 bits per heavy atom. The molecule has 1 unspecified atom stereocenters. The van der Waals surface area contributed by atoms with Crippen molar-refractivity contribution in [2.24, 2.45) is 0 Å². The van der Waals surface area contributed by atoms with E-state index in [1.807, 2.05) is 5.32 Å². The normalized spacial score (nSPS) is 12.6. The SMILES string of the molecule is CC(O)CCNC(=O)C(=O)Nc1ccc(F)c(C(F)(F)F)c1. The Morgan fingerprint density at radius 1 is 1.27 bits per heavy atom. The number of alkyl halides is 3. The number of amides is 2. The lowest BCUT2D eigenvalue weighted by Crippen LogP contribution is -2.36. The molecule has 2 amide bonds. The molecule has 0 spiro atoms. The molecule has 0 aromatic heterocycles. The number of carbonyl (C=O) groups excluding carboxylic acids is 2.